The van der Waals surface area contributed by atoms with Gasteiger partial charge >= 0.3 is 0 Å². The second-order valence-corrected chi connectivity index (χ2v) is 10.3. The highest BCUT2D eigenvalue weighted by atomic mass is 79.9. The predicted octanol–water partition coefficient (Wildman–Crippen LogP) is 5.07. The van der Waals surface area contributed by atoms with Crippen molar-refractivity contribution in [2.75, 3.05) is 5.32 Å². The molecule has 0 aliphatic rings. The molecule has 3 aromatic rings. The molecule has 0 aliphatic heterocycles. The summed E-state index contributed by atoms with van der Waals surface area (Å²) in [6, 6.07) is 16.6. The Kier molecular flexibility index (Phi) is 7.56. The molecule has 162 valence electrons. The molecular weight excluding hydrogens is 476 g/mol. The van der Waals surface area contributed by atoms with Crippen LogP contribution in [0.1, 0.15) is 32.8 Å². The van der Waals surface area contributed by atoms with Crippen molar-refractivity contribution in [3.05, 3.63) is 64.6 Å². The Morgan fingerprint density at radius 2 is 1.71 bits per heavy atom. The summed E-state index contributed by atoms with van der Waals surface area (Å²) in [4.78, 5) is 25.5. The first-order valence-corrected chi connectivity index (χ1v) is 11.5. The molecule has 0 spiro atoms. The highest BCUT2D eigenvalue weighted by Gasteiger charge is 2.25. The fourth-order valence-corrected chi connectivity index (χ4v) is 3.98. The van der Waals surface area contributed by atoms with Gasteiger partial charge in [0.2, 0.25) is 16.9 Å². The molecule has 0 radical (unpaired) electrons. The monoisotopic (exact) mass is 500 g/mol. The van der Waals surface area contributed by atoms with Crippen LogP contribution in [0.15, 0.2) is 59.1 Å². The fourth-order valence-electron chi connectivity index (χ4n) is 2.96. The van der Waals surface area contributed by atoms with E-state index in [1.54, 1.807) is 0 Å². The second-order valence-electron chi connectivity index (χ2n) is 8.46. The number of hydrogen-bond acceptors (Lipinski definition) is 5. The largest absolute Gasteiger partial charge is 0.344 e. The summed E-state index contributed by atoms with van der Waals surface area (Å²) in [7, 11) is 0. The SMILES string of the molecule is CC(C)(C)CC(=O)NC(Cc1ccccc1)C(=O)Nc1nnc(-c2ccc(Br)cc2)s1. The van der Waals surface area contributed by atoms with Gasteiger partial charge in [-0.05, 0) is 23.1 Å². The number of amides is 2. The Hall–Kier alpha value is -2.58. The summed E-state index contributed by atoms with van der Waals surface area (Å²) in [5.74, 6) is -0.471. The van der Waals surface area contributed by atoms with Crippen LogP contribution in [-0.4, -0.2) is 28.1 Å². The average Bonchev–Trinajstić information content (AvgIpc) is 3.16. The van der Waals surface area contributed by atoms with E-state index in [4.69, 9.17) is 0 Å². The molecule has 1 unspecified atom stereocenters. The molecular formula is C23H25BrN4O2S. The minimum atomic E-state index is -0.711. The third kappa shape index (κ3) is 7.25. The highest BCUT2D eigenvalue weighted by molar-refractivity contribution is 9.10. The van der Waals surface area contributed by atoms with Gasteiger partial charge in [-0.1, -0.05) is 90.5 Å². The third-order valence-electron chi connectivity index (χ3n) is 4.37. The molecule has 0 fully saturated rings. The number of carbonyl (C=O) groups is 2. The maximum Gasteiger partial charge on any atom is 0.249 e. The molecule has 0 saturated heterocycles. The number of carbonyl (C=O) groups excluding carboxylic acids is 2. The maximum atomic E-state index is 13.0. The lowest BCUT2D eigenvalue weighted by molar-refractivity contribution is -0.127. The van der Waals surface area contributed by atoms with Crippen LogP contribution >= 0.6 is 27.3 Å². The number of benzene rings is 2. The van der Waals surface area contributed by atoms with E-state index in [9.17, 15) is 9.59 Å². The minimum Gasteiger partial charge on any atom is -0.344 e. The summed E-state index contributed by atoms with van der Waals surface area (Å²) < 4.78 is 0.976. The van der Waals surface area contributed by atoms with Crippen LogP contribution in [0.2, 0.25) is 0 Å². The molecule has 0 aliphatic carbocycles. The fraction of sp³-hybridized carbons (Fsp3) is 0.304. The second kappa shape index (κ2) is 10.2. The number of nitrogens with zero attached hydrogens (tertiary/aromatic N) is 2. The lowest BCUT2D eigenvalue weighted by Gasteiger charge is -2.22. The highest BCUT2D eigenvalue weighted by Crippen LogP contribution is 2.27. The van der Waals surface area contributed by atoms with Crippen LogP contribution in [0.5, 0.6) is 0 Å². The van der Waals surface area contributed by atoms with Gasteiger partial charge in [0.25, 0.3) is 0 Å². The molecule has 1 heterocycles. The van der Waals surface area contributed by atoms with Crippen LogP contribution < -0.4 is 10.6 Å². The Morgan fingerprint density at radius 1 is 1.03 bits per heavy atom. The molecule has 2 N–H and O–H groups in total. The maximum absolute atomic E-state index is 13.0. The number of halogens is 1. The number of rotatable bonds is 7. The van der Waals surface area contributed by atoms with E-state index in [1.165, 1.54) is 11.3 Å². The van der Waals surface area contributed by atoms with E-state index in [2.05, 4.69) is 36.8 Å². The zero-order valence-electron chi connectivity index (χ0n) is 17.7. The van der Waals surface area contributed by atoms with Crippen LogP contribution in [0.3, 0.4) is 0 Å². The van der Waals surface area contributed by atoms with E-state index < -0.39 is 6.04 Å². The van der Waals surface area contributed by atoms with Gasteiger partial charge in [0.15, 0.2) is 0 Å². The standard InChI is InChI=1S/C23H25BrN4O2S/c1-23(2,3)14-19(29)25-18(13-15-7-5-4-6-8-15)20(30)26-22-28-27-21(31-22)16-9-11-17(24)12-10-16/h4-12,18H,13-14H2,1-3H3,(H,25,29)(H,26,28,30). The van der Waals surface area contributed by atoms with Gasteiger partial charge in [0.1, 0.15) is 11.0 Å². The molecule has 0 saturated carbocycles. The van der Waals surface area contributed by atoms with Gasteiger partial charge in [-0.3, -0.25) is 14.9 Å². The number of hydrogen-bond donors (Lipinski definition) is 2. The quantitative estimate of drug-likeness (QED) is 0.474. The molecule has 31 heavy (non-hydrogen) atoms. The number of anilines is 1. The average molecular weight is 501 g/mol. The summed E-state index contributed by atoms with van der Waals surface area (Å²) in [5, 5.41) is 15.1. The van der Waals surface area contributed by atoms with Crippen molar-refractivity contribution in [2.24, 2.45) is 5.41 Å². The van der Waals surface area contributed by atoms with Gasteiger partial charge in [0.05, 0.1) is 0 Å². The van der Waals surface area contributed by atoms with Crippen molar-refractivity contribution in [1.82, 2.24) is 15.5 Å². The molecule has 8 heteroatoms. The number of aromatic nitrogens is 2. The zero-order valence-corrected chi connectivity index (χ0v) is 20.1. The number of nitrogens with one attached hydrogen (secondary N) is 2. The van der Waals surface area contributed by atoms with Crippen molar-refractivity contribution in [3.8, 4) is 10.6 Å². The Bertz CT molecular complexity index is 1030. The molecule has 2 aromatic carbocycles. The van der Waals surface area contributed by atoms with Crippen molar-refractivity contribution < 1.29 is 9.59 Å². The first-order chi connectivity index (χ1) is 14.7. The molecule has 1 atom stereocenters. The molecule has 1 aromatic heterocycles. The molecule has 6 nitrogen and oxygen atoms in total. The van der Waals surface area contributed by atoms with Crippen LogP contribution in [-0.2, 0) is 16.0 Å². The zero-order chi connectivity index (χ0) is 22.4. The Labute approximate surface area is 194 Å². The topological polar surface area (TPSA) is 84.0 Å². The molecule has 3 rings (SSSR count). The van der Waals surface area contributed by atoms with Crippen molar-refractivity contribution >= 4 is 44.2 Å². The molecule has 0 bridgehead atoms. The first kappa shape index (κ1) is 23.1. The van der Waals surface area contributed by atoms with Gasteiger partial charge in [0, 0.05) is 22.9 Å². The van der Waals surface area contributed by atoms with E-state index in [1.807, 2.05) is 75.4 Å². The third-order valence-corrected chi connectivity index (χ3v) is 5.79. The van der Waals surface area contributed by atoms with Gasteiger partial charge < -0.3 is 5.32 Å². The van der Waals surface area contributed by atoms with Gasteiger partial charge in [-0.25, -0.2) is 0 Å². The van der Waals surface area contributed by atoms with Crippen molar-refractivity contribution in [3.63, 3.8) is 0 Å². The first-order valence-electron chi connectivity index (χ1n) is 9.93. The smallest absolute Gasteiger partial charge is 0.249 e. The van der Waals surface area contributed by atoms with E-state index in [0.29, 0.717) is 23.0 Å². The summed E-state index contributed by atoms with van der Waals surface area (Å²) >= 11 is 4.70. The minimum absolute atomic E-state index is 0.156. The Morgan fingerprint density at radius 3 is 2.35 bits per heavy atom. The normalized spacial score (nSPS) is 12.3. The van der Waals surface area contributed by atoms with Crippen LogP contribution in [0.25, 0.3) is 10.6 Å². The predicted molar refractivity (Wildman–Crippen MR) is 128 cm³/mol. The lowest BCUT2D eigenvalue weighted by Crippen LogP contribution is -2.46. The van der Waals surface area contributed by atoms with Gasteiger partial charge in [-0.2, -0.15) is 0 Å². The summed E-state index contributed by atoms with van der Waals surface area (Å²) in [6.07, 6.45) is 0.721. The van der Waals surface area contributed by atoms with Crippen LogP contribution in [0.4, 0.5) is 5.13 Å². The van der Waals surface area contributed by atoms with E-state index in [-0.39, 0.29) is 17.2 Å². The van der Waals surface area contributed by atoms with Crippen molar-refractivity contribution in [2.45, 2.75) is 39.7 Å². The van der Waals surface area contributed by atoms with E-state index in [0.717, 1.165) is 15.6 Å². The van der Waals surface area contributed by atoms with Crippen molar-refractivity contribution in [1.29, 1.82) is 0 Å². The Balaban J connectivity index is 1.73. The van der Waals surface area contributed by atoms with Gasteiger partial charge in [-0.15, -0.1) is 10.2 Å². The summed E-state index contributed by atoms with van der Waals surface area (Å²) in [6.45, 7) is 5.97. The van der Waals surface area contributed by atoms with E-state index >= 15 is 0 Å². The summed E-state index contributed by atoms with van der Waals surface area (Å²) in [5.41, 5.74) is 1.71. The lowest BCUT2D eigenvalue weighted by atomic mass is 9.91. The van der Waals surface area contributed by atoms with Crippen LogP contribution in [0, 0.1) is 5.41 Å². The molecule has 2 amide bonds.